The lowest BCUT2D eigenvalue weighted by Crippen LogP contribution is -2.42. The van der Waals surface area contributed by atoms with Gasteiger partial charge in [0.2, 0.25) is 11.7 Å². The molecule has 0 saturated heterocycles. The molecule has 1 aliphatic rings. The van der Waals surface area contributed by atoms with E-state index < -0.39 is 0 Å². The van der Waals surface area contributed by atoms with Gasteiger partial charge in [-0.25, -0.2) is 9.97 Å². The maximum Gasteiger partial charge on any atom is 0.292 e. The monoisotopic (exact) mass is 371 g/mol. The predicted molar refractivity (Wildman–Crippen MR) is 100 cm³/mol. The SMILES string of the molecule is Cc1ncoc1C(=O)N1CCCc2cccc(n2)NCCCN(C)C(=O)C1. The predicted octanol–water partition coefficient (Wildman–Crippen LogP) is 1.73. The lowest BCUT2D eigenvalue weighted by molar-refractivity contribution is -0.130. The molecule has 144 valence electrons. The Morgan fingerprint density at radius 2 is 2.11 bits per heavy atom. The number of pyridine rings is 1. The van der Waals surface area contributed by atoms with Crippen molar-refractivity contribution in [2.45, 2.75) is 26.2 Å². The average molecular weight is 371 g/mol. The van der Waals surface area contributed by atoms with E-state index in [2.05, 4.69) is 15.3 Å². The number of rotatable bonds is 1. The Bertz CT molecular complexity index is 804. The molecule has 8 nitrogen and oxygen atoms in total. The van der Waals surface area contributed by atoms with Crippen LogP contribution in [-0.2, 0) is 11.2 Å². The van der Waals surface area contributed by atoms with Crippen molar-refractivity contribution in [3.8, 4) is 0 Å². The van der Waals surface area contributed by atoms with Crippen molar-refractivity contribution in [3.05, 3.63) is 41.7 Å². The van der Waals surface area contributed by atoms with E-state index in [4.69, 9.17) is 4.42 Å². The fourth-order valence-corrected chi connectivity index (χ4v) is 3.01. The lowest BCUT2D eigenvalue weighted by Gasteiger charge is -2.25. The summed E-state index contributed by atoms with van der Waals surface area (Å²) in [5.74, 6) is 0.635. The van der Waals surface area contributed by atoms with Crippen molar-refractivity contribution in [2.24, 2.45) is 0 Å². The molecule has 0 spiro atoms. The van der Waals surface area contributed by atoms with E-state index in [9.17, 15) is 9.59 Å². The van der Waals surface area contributed by atoms with E-state index in [0.717, 1.165) is 30.9 Å². The van der Waals surface area contributed by atoms with Gasteiger partial charge in [-0.15, -0.1) is 0 Å². The van der Waals surface area contributed by atoms with Gasteiger partial charge in [0.1, 0.15) is 12.4 Å². The molecule has 0 saturated carbocycles. The number of aromatic nitrogens is 2. The van der Waals surface area contributed by atoms with E-state index >= 15 is 0 Å². The average Bonchev–Trinajstić information content (AvgIpc) is 3.09. The lowest BCUT2D eigenvalue weighted by atomic mass is 10.2. The first-order chi connectivity index (χ1) is 13.0. The summed E-state index contributed by atoms with van der Waals surface area (Å²) in [7, 11) is 1.76. The summed E-state index contributed by atoms with van der Waals surface area (Å²) >= 11 is 0. The summed E-state index contributed by atoms with van der Waals surface area (Å²) in [5.41, 5.74) is 1.49. The molecule has 2 aromatic rings. The molecule has 2 bridgehead atoms. The van der Waals surface area contributed by atoms with Gasteiger partial charge in [-0.3, -0.25) is 9.59 Å². The highest BCUT2D eigenvalue weighted by Crippen LogP contribution is 2.13. The van der Waals surface area contributed by atoms with Gasteiger partial charge in [0.25, 0.3) is 5.91 Å². The zero-order valence-electron chi connectivity index (χ0n) is 15.8. The molecule has 1 aliphatic heterocycles. The number of hydrogen-bond donors (Lipinski definition) is 1. The van der Waals surface area contributed by atoms with E-state index in [1.54, 1.807) is 23.8 Å². The second kappa shape index (κ2) is 8.66. The third kappa shape index (κ3) is 4.84. The Balaban J connectivity index is 1.79. The number of hydrogen-bond acceptors (Lipinski definition) is 6. The smallest absolute Gasteiger partial charge is 0.292 e. The fourth-order valence-electron chi connectivity index (χ4n) is 3.01. The van der Waals surface area contributed by atoms with E-state index in [1.165, 1.54) is 6.39 Å². The zero-order valence-corrected chi connectivity index (χ0v) is 15.8. The summed E-state index contributed by atoms with van der Waals surface area (Å²) < 4.78 is 5.24. The maximum absolute atomic E-state index is 12.8. The Morgan fingerprint density at radius 3 is 2.89 bits per heavy atom. The molecule has 0 aromatic carbocycles. The van der Waals surface area contributed by atoms with Crippen LogP contribution in [0.15, 0.2) is 29.0 Å². The molecule has 0 fully saturated rings. The molecule has 0 radical (unpaired) electrons. The van der Waals surface area contributed by atoms with E-state index in [0.29, 0.717) is 25.2 Å². The number of aryl methyl sites for hydroxylation is 2. The number of amides is 2. The van der Waals surface area contributed by atoms with Crippen molar-refractivity contribution in [2.75, 3.05) is 38.5 Å². The van der Waals surface area contributed by atoms with Gasteiger partial charge in [0, 0.05) is 32.4 Å². The molecule has 1 N–H and O–H groups in total. The minimum Gasteiger partial charge on any atom is -0.438 e. The van der Waals surface area contributed by atoms with Crippen LogP contribution >= 0.6 is 0 Å². The standard InChI is InChI=1S/C19H25N5O3/c1-14-18(27-13-21-14)19(26)24-11-4-7-15-6-3-8-16(22-15)20-9-5-10-23(2)17(25)12-24/h3,6,8,13H,4-5,7,9-12H2,1-2H3,(H,20,22). The summed E-state index contributed by atoms with van der Waals surface area (Å²) in [6.45, 7) is 3.52. The highest BCUT2D eigenvalue weighted by molar-refractivity contribution is 5.95. The molecular weight excluding hydrogens is 346 g/mol. The number of anilines is 1. The first-order valence-electron chi connectivity index (χ1n) is 9.17. The quantitative estimate of drug-likeness (QED) is 0.821. The molecule has 3 rings (SSSR count). The Morgan fingerprint density at radius 1 is 1.26 bits per heavy atom. The summed E-state index contributed by atoms with van der Waals surface area (Å²) in [6, 6.07) is 5.89. The minimum atomic E-state index is -0.303. The van der Waals surface area contributed by atoms with E-state index in [1.807, 2.05) is 18.2 Å². The van der Waals surface area contributed by atoms with Crippen LogP contribution in [-0.4, -0.2) is 64.8 Å². The van der Waals surface area contributed by atoms with Gasteiger partial charge >= 0.3 is 0 Å². The van der Waals surface area contributed by atoms with Crippen molar-refractivity contribution >= 4 is 17.6 Å². The second-order valence-electron chi connectivity index (χ2n) is 6.71. The number of oxazole rings is 1. The normalized spacial score (nSPS) is 16.6. The van der Waals surface area contributed by atoms with Gasteiger partial charge in [-0.1, -0.05) is 6.07 Å². The number of nitrogens with one attached hydrogen (secondary N) is 1. The first kappa shape index (κ1) is 18.9. The summed E-state index contributed by atoms with van der Waals surface area (Å²) in [4.78, 5) is 37.2. The number of likely N-dealkylation sites (N-methyl/N-ethyl adjacent to an activating group) is 1. The third-order valence-corrected chi connectivity index (χ3v) is 4.62. The van der Waals surface area contributed by atoms with Crippen LogP contribution in [0, 0.1) is 6.92 Å². The fraction of sp³-hybridized carbons (Fsp3) is 0.474. The van der Waals surface area contributed by atoms with Crippen molar-refractivity contribution in [3.63, 3.8) is 0 Å². The number of nitrogens with zero attached hydrogens (tertiary/aromatic N) is 4. The molecule has 0 aliphatic carbocycles. The van der Waals surface area contributed by atoms with Crippen molar-refractivity contribution in [1.82, 2.24) is 19.8 Å². The third-order valence-electron chi connectivity index (χ3n) is 4.62. The van der Waals surface area contributed by atoms with Gasteiger partial charge in [0.15, 0.2) is 6.39 Å². The molecule has 2 amide bonds. The molecule has 8 heteroatoms. The van der Waals surface area contributed by atoms with Gasteiger partial charge < -0.3 is 19.5 Å². The highest BCUT2D eigenvalue weighted by atomic mass is 16.3. The van der Waals surface area contributed by atoms with Crippen LogP contribution in [0.2, 0.25) is 0 Å². The van der Waals surface area contributed by atoms with Crippen molar-refractivity contribution < 1.29 is 14.0 Å². The highest BCUT2D eigenvalue weighted by Gasteiger charge is 2.24. The van der Waals surface area contributed by atoms with Crippen LogP contribution in [0.1, 0.15) is 34.8 Å². The minimum absolute atomic E-state index is 0.0242. The van der Waals surface area contributed by atoms with Crippen LogP contribution < -0.4 is 5.32 Å². The van der Waals surface area contributed by atoms with E-state index in [-0.39, 0.29) is 24.1 Å². The molecule has 2 aromatic heterocycles. The first-order valence-corrected chi connectivity index (χ1v) is 9.17. The van der Waals surface area contributed by atoms with Gasteiger partial charge in [-0.2, -0.15) is 0 Å². The molecule has 3 heterocycles. The Kier molecular flexibility index (Phi) is 6.05. The van der Waals surface area contributed by atoms with Gasteiger partial charge in [0.05, 0.1) is 5.69 Å². The number of fused-ring (bicyclic) bond motifs is 2. The zero-order chi connectivity index (χ0) is 19.2. The maximum atomic E-state index is 12.8. The topological polar surface area (TPSA) is 91.6 Å². The largest absolute Gasteiger partial charge is 0.438 e. The Labute approximate surface area is 158 Å². The molecular formula is C19H25N5O3. The number of carbonyl (C=O) groups excluding carboxylic acids is 2. The molecule has 0 atom stereocenters. The van der Waals surface area contributed by atoms with Crippen LogP contribution in [0.4, 0.5) is 5.82 Å². The Hall–Kier alpha value is -2.90. The van der Waals surface area contributed by atoms with Gasteiger partial charge in [-0.05, 0) is 38.3 Å². The van der Waals surface area contributed by atoms with Crippen molar-refractivity contribution in [1.29, 1.82) is 0 Å². The van der Waals surface area contributed by atoms with Crippen LogP contribution in [0.5, 0.6) is 0 Å². The number of carbonyl (C=O) groups is 2. The second-order valence-corrected chi connectivity index (χ2v) is 6.71. The summed E-state index contributed by atoms with van der Waals surface area (Å²) in [6.07, 6.45) is 3.47. The molecule has 27 heavy (non-hydrogen) atoms. The van der Waals surface area contributed by atoms with Crippen LogP contribution in [0.3, 0.4) is 0 Å². The molecule has 0 unspecified atom stereocenters. The summed E-state index contributed by atoms with van der Waals surface area (Å²) in [5, 5.41) is 3.29. The van der Waals surface area contributed by atoms with Crippen LogP contribution in [0.25, 0.3) is 0 Å².